The third-order valence-electron chi connectivity index (χ3n) is 3.93. The van der Waals surface area contributed by atoms with Crippen molar-refractivity contribution < 1.29 is 0 Å². The summed E-state index contributed by atoms with van der Waals surface area (Å²) in [5.41, 5.74) is 10.1. The highest BCUT2D eigenvalue weighted by atomic mass is 15.1. The number of rotatable bonds is 7. The Labute approximate surface area is 119 Å². The van der Waals surface area contributed by atoms with Crippen LogP contribution in [0, 0.1) is 19.3 Å². The van der Waals surface area contributed by atoms with E-state index in [1.807, 2.05) is 0 Å². The maximum atomic E-state index is 5.66. The molecule has 0 bridgehead atoms. The molecule has 1 rings (SSSR count). The first-order chi connectivity index (χ1) is 8.85. The number of benzene rings is 1. The number of hydrogen-bond acceptors (Lipinski definition) is 2. The molecule has 1 aromatic carbocycles. The SMILES string of the molecule is Cc1ccc(N(C)CCCC(C)(C)CCN)c(C)c1. The second kappa shape index (κ2) is 6.95. The fourth-order valence-corrected chi connectivity index (χ4v) is 2.66. The van der Waals surface area contributed by atoms with Gasteiger partial charge in [-0.25, -0.2) is 0 Å². The molecule has 0 spiro atoms. The maximum Gasteiger partial charge on any atom is 0.0393 e. The van der Waals surface area contributed by atoms with Gasteiger partial charge < -0.3 is 10.6 Å². The van der Waals surface area contributed by atoms with Crippen molar-refractivity contribution >= 4 is 5.69 Å². The molecule has 2 N–H and O–H groups in total. The van der Waals surface area contributed by atoms with Crippen molar-refractivity contribution in [1.29, 1.82) is 0 Å². The van der Waals surface area contributed by atoms with Crippen molar-refractivity contribution in [1.82, 2.24) is 0 Å². The molecule has 0 aliphatic rings. The molecule has 108 valence electrons. The number of hydrogen-bond donors (Lipinski definition) is 1. The summed E-state index contributed by atoms with van der Waals surface area (Å²) in [6.07, 6.45) is 3.57. The Bertz CT molecular complexity index is 396. The van der Waals surface area contributed by atoms with Gasteiger partial charge in [0.05, 0.1) is 0 Å². The van der Waals surface area contributed by atoms with Gasteiger partial charge in [0.2, 0.25) is 0 Å². The van der Waals surface area contributed by atoms with Crippen LogP contribution in [0.15, 0.2) is 18.2 Å². The predicted octanol–water partition coefficient (Wildman–Crippen LogP) is 3.89. The summed E-state index contributed by atoms with van der Waals surface area (Å²) in [7, 11) is 2.19. The van der Waals surface area contributed by atoms with Crippen LogP contribution in [-0.4, -0.2) is 20.1 Å². The van der Waals surface area contributed by atoms with Crippen LogP contribution < -0.4 is 10.6 Å². The van der Waals surface area contributed by atoms with Gasteiger partial charge in [-0.15, -0.1) is 0 Å². The first kappa shape index (κ1) is 16.0. The lowest BCUT2D eigenvalue weighted by atomic mass is 9.84. The van der Waals surface area contributed by atoms with Crippen LogP contribution in [0.1, 0.15) is 44.2 Å². The lowest BCUT2D eigenvalue weighted by molar-refractivity contribution is 0.306. The van der Waals surface area contributed by atoms with Crippen LogP contribution in [0.4, 0.5) is 5.69 Å². The molecule has 0 unspecified atom stereocenters. The molecule has 0 atom stereocenters. The van der Waals surface area contributed by atoms with Gasteiger partial charge in [0.1, 0.15) is 0 Å². The van der Waals surface area contributed by atoms with E-state index in [0.29, 0.717) is 5.41 Å². The minimum absolute atomic E-state index is 0.373. The molecule has 0 aromatic heterocycles. The highest BCUT2D eigenvalue weighted by molar-refractivity contribution is 5.53. The molecule has 19 heavy (non-hydrogen) atoms. The summed E-state index contributed by atoms with van der Waals surface area (Å²) >= 11 is 0. The second-order valence-corrected chi connectivity index (χ2v) is 6.52. The first-order valence-electron chi connectivity index (χ1n) is 7.34. The third kappa shape index (κ3) is 5.23. The average Bonchev–Trinajstić information content (AvgIpc) is 2.28. The lowest BCUT2D eigenvalue weighted by Crippen LogP contribution is -2.23. The van der Waals surface area contributed by atoms with Gasteiger partial charge in [-0.1, -0.05) is 31.5 Å². The normalized spacial score (nSPS) is 11.7. The van der Waals surface area contributed by atoms with Crippen molar-refractivity contribution in [3.63, 3.8) is 0 Å². The van der Waals surface area contributed by atoms with Crippen LogP contribution in [0.2, 0.25) is 0 Å². The fraction of sp³-hybridized carbons (Fsp3) is 0.647. The van der Waals surface area contributed by atoms with E-state index in [9.17, 15) is 0 Å². The van der Waals surface area contributed by atoms with Crippen LogP contribution in [0.25, 0.3) is 0 Å². The van der Waals surface area contributed by atoms with E-state index in [2.05, 4.69) is 57.8 Å². The summed E-state index contributed by atoms with van der Waals surface area (Å²) in [5, 5.41) is 0. The molecule has 0 aliphatic carbocycles. The van der Waals surface area contributed by atoms with Crippen LogP contribution >= 0.6 is 0 Å². The molecule has 0 aliphatic heterocycles. The topological polar surface area (TPSA) is 29.3 Å². The zero-order valence-electron chi connectivity index (χ0n) is 13.3. The Hall–Kier alpha value is -1.02. The highest BCUT2D eigenvalue weighted by Crippen LogP contribution is 2.27. The second-order valence-electron chi connectivity index (χ2n) is 6.52. The van der Waals surface area contributed by atoms with Crippen molar-refractivity contribution in [2.75, 3.05) is 25.0 Å². The Kier molecular flexibility index (Phi) is 5.86. The standard InChI is InChI=1S/C17H30N2/c1-14-7-8-16(15(2)13-14)19(5)12-6-9-17(3,4)10-11-18/h7-8,13H,6,9-12,18H2,1-5H3. The number of aryl methyl sites for hydroxylation is 2. The Morgan fingerprint density at radius 3 is 2.42 bits per heavy atom. The molecule has 0 fully saturated rings. The largest absolute Gasteiger partial charge is 0.374 e. The van der Waals surface area contributed by atoms with Crippen molar-refractivity contribution in [2.24, 2.45) is 11.1 Å². The molecular formula is C17H30N2. The Balaban J connectivity index is 2.49. The molecule has 0 saturated heterocycles. The molecule has 0 amide bonds. The van der Waals surface area contributed by atoms with Crippen LogP contribution in [-0.2, 0) is 0 Å². The van der Waals surface area contributed by atoms with Crippen molar-refractivity contribution in [2.45, 2.75) is 47.0 Å². The predicted molar refractivity (Wildman–Crippen MR) is 85.9 cm³/mol. The third-order valence-corrected chi connectivity index (χ3v) is 3.93. The van der Waals surface area contributed by atoms with Crippen molar-refractivity contribution in [3.8, 4) is 0 Å². The number of anilines is 1. The zero-order chi connectivity index (χ0) is 14.5. The van der Waals surface area contributed by atoms with E-state index in [0.717, 1.165) is 19.5 Å². The van der Waals surface area contributed by atoms with Gasteiger partial charge in [-0.05, 0) is 56.7 Å². The van der Waals surface area contributed by atoms with E-state index >= 15 is 0 Å². The summed E-state index contributed by atoms with van der Waals surface area (Å²) in [5.74, 6) is 0. The summed E-state index contributed by atoms with van der Waals surface area (Å²) in [6, 6.07) is 6.68. The van der Waals surface area contributed by atoms with E-state index < -0.39 is 0 Å². The molecule has 0 heterocycles. The van der Waals surface area contributed by atoms with Crippen molar-refractivity contribution in [3.05, 3.63) is 29.3 Å². The summed E-state index contributed by atoms with van der Waals surface area (Å²) in [4.78, 5) is 2.37. The van der Waals surface area contributed by atoms with Gasteiger partial charge in [-0.3, -0.25) is 0 Å². The van der Waals surface area contributed by atoms with E-state index in [4.69, 9.17) is 5.73 Å². The van der Waals surface area contributed by atoms with Gasteiger partial charge in [0, 0.05) is 19.3 Å². The smallest absolute Gasteiger partial charge is 0.0393 e. The zero-order valence-corrected chi connectivity index (χ0v) is 13.3. The van der Waals surface area contributed by atoms with Gasteiger partial charge >= 0.3 is 0 Å². The molecule has 0 radical (unpaired) electrons. The van der Waals surface area contributed by atoms with E-state index in [1.165, 1.54) is 29.7 Å². The summed E-state index contributed by atoms with van der Waals surface area (Å²) < 4.78 is 0. The molecule has 2 heteroatoms. The molecule has 1 aromatic rings. The van der Waals surface area contributed by atoms with E-state index in [-0.39, 0.29) is 0 Å². The van der Waals surface area contributed by atoms with E-state index in [1.54, 1.807) is 0 Å². The first-order valence-corrected chi connectivity index (χ1v) is 7.34. The Morgan fingerprint density at radius 2 is 1.84 bits per heavy atom. The lowest BCUT2D eigenvalue weighted by Gasteiger charge is -2.27. The van der Waals surface area contributed by atoms with Gasteiger partial charge in [0.15, 0.2) is 0 Å². The van der Waals surface area contributed by atoms with Gasteiger partial charge in [-0.2, -0.15) is 0 Å². The summed E-state index contributed by atoms with van der Waals surface area (Å²) in [6.45, 7) is 10.9. The highest BCUT2D eigenvalue weighted by Gasteiger charge is 2.16. The Morgan fingerprint density at radius 1 is 1.16 bits per heavy atom. The van der Waals surface area contributed by atoms with Crippen LogP contribution in [0.3, 0.4) is 0 Å². The maximum absolute atomic E-state index is 5.66. The minimum Gasteiger partial charge on any atom is -0.374 e. The number of nitrogens with two attached hydrogens (primary N) is 1. The molecule has 2 nitrogen and oxygen atoms in total. The fourth-order valence-electron chi connectivity index (χ4n) is 2.66. The van der Waals surface area contributed by atoms with Crippen LogP contribution in [0.5, 0.6) is 0 Å². The molecule has 0 saturated carbocycles. The monoisotopic (exact) mass is 262 g/mol. The average molecular weight is 262 g/mol. The number of nitrogens with zero attached hydrogens (tertiary/aromatic N) is 1. The quantitative estimate of drug-likeness (QED) is 0.807. The minimum atomic E-state index is 0.373. The molecular weight excluding hydrogens is 232 g/mol. The van der Waals surface area contributed by atoms with Gasteiger partial charge in [0.25, 0.3) is 0 Å².